The number of anilines is 1. The lowest BCUT2D eigenvalue weighted by Crippen LogP contribution is -2.29. The van der Waals surface area contributed by atoms with E-state index in [1.54, 1.807) is 55.5 Å². The van der Waals surface area contributed by atoms with Gasteiger partial charge in [-0.25, -0.2) is 9.78 Å². The van der Waals surface area contributed by atoms with E-state index in [0.717, 1.165) is 17.8 Å². The first-order chi connectivity index (χ1) is 19.3. The number of amides is 1. The number of thiazole rings is 1. The molecule has 3 aromatic rings. The Kier molecular flexibility index (Phi) is 9.00. The second kappa shape index (κ2) is 12.6. The van der Waals surface area contributed by atoms with Gasteiger partial charge in [-0.15, -0.1) is 0 Å². The molecule has 1 aliphatic rings. The quantitative estimate of drug-likeness (QED) is 0.105. The van der Waals surface area contributed by atoms with Crippen molar-refractivity contribution in [2.24, 2.45) is 0 Å². The summed E-state index contributed by atoms with van der Waals surface area (Å²) in [6, 6.07) is 12.6. The van der Waals surface area contributed by atoms with Crippen LogP contribution in [0.4, 0.5) is 5.13 Å². The molecule has 0 bridgehead atoms. The van der Waals surface area contributed by atoms with Crippen LogP contribution in [0.1, 0.15) is 52.8 Å². The number of carbonyl (C=O) groups excluding carboxylic acids is 3. The van der Waals surface area contributed by atoms with Crippen molar-refractivity contribution in [3.05, 3.63) is 88.5 Å². The van der Waals surface area contributed by atoms with Crippen LogP contribution in [0, 0.1) is 6.92 Å². The molecule has 1 N–H and O–H groups in total. The standard InChI is InChI=1S/C30H30N2O7S/c1-5-15-38-22-10-8-9-20(17-22)24-23(25(33)19-11-13-21(14-12-19)37-7-3)26(34)28(35)32(24)30-31-18(4)27(40-30)29(36)39-16-6-2/h6,8-14,17,24,33H,2,5,7,15-16H2,1,3-4H3/b25-23+. The Labute approximate surface area is 236 Å². The van der Waals surface area contributed by atoms with Crippen molar-refractivity contribution in [3.63, 3.8) is 0 Å². The lowest BCUT2D eigenvalue weighted by molar-refractivity contribution is -0.132. The minimum Gasteiger partial charge on any atom is -0.507 e. The number of aliphatic hydroxyl groups excluding tert-OH is 1. The van der Waals surface area contributed by atoms with Gasteiger partial charge in [0.05, 0.1) is 30.5 Å². The number of aromatic nitrogens is 1. The first-order valence-corrected chi connectivity index (χ1v) is 13.6. The topological polar surface area (TPSA) is 115 Å². The number of hydrogen-bond acceptors (Lipinski definition) is 9. The zero-order valence-corrected chi connectivity index (χ0v) is 23.3. The predicted octanol–water partition coefficient (Wildman–Crippen LogP) is 5.61. The molecule has 2 aromatic carbocycles. The van der Waals surface area contributed by atoms with Gasteiger partial charge in [-0.1, -0.05) is 43.0 Å². The predicted molar refractivity (Wildman–Crippen MR) is 152 cm³/mol. The van der Waals surface area contributed by atoms with Gasteiger partial charge in [0, 0.05) is 5.56 Å². The molecule has 1 aliphatic heterocycles. The number of aliphatic hydroxyl groups is 1. The monoisotopic (exact) mass is 562 g/mol. The van der Waals surface area contributed by atoms with Gasteiger partial charge in [0.2, 0.25) is 0 Å². The number of ether oxygens (including phenoxy) is 3. The van der Waals surface area contributed by atoms with E-state index in [2.05, 4.69) is 11.6 Å². The van der Waals surface area contributed by atoms with Crippen molar-refractivity contribution in [1.82, 2.24) is 4.98 Å². The number of ketones is 1. The average molecular weight is 563 g/mol. The number of nitrogens with zero attached hydrogens (tertiary/aromatic N) is 2. The zero-order valence-electron chi connectivity index (χ0n) is 22.5. The SMILES string of the molecule is C=CCOC(=O)c1sc(N2C(=O)C(=O)/C(=C(/O)c3ccc(OCC)cc3)C2c2cccc(OCCC)c2)nc1C. The Morgan fingerprint density at radius 2 is 1.88 bits per heavy atom. The average Bonchev–Trinajstić information content (AvgIpc) is 3.47. The van der Waals surface area contributed by atoms with Crippen LogP contribution in [0.25, 0.3) is 5.76 Å². The minimum atomic E-state index is -1.03. The number of Topliss-reactive ketones (excluding diaryl/α,β-unsaturated/α-hetero) is 1. The summed E-state index contributed by atoms with van der Waals surface area (Å²) in [6.07, 6.45) is 2.24. The Morgan fingerprint density at radius 1 is 1.12 bits per heavy atom. The summed E-state index contributed by atoms with van der Waals surface area (Å²) in [7, 11) is 0. The molecule has 1 saturated heterocycles. The molecule has 1 unspecified atom stereocenters. The van der Waals surface area contributed by atoms with Crippen LogP contribution in [-0.4, -0.2) is 47.6 Å². The van der Waals surface area contributed by atoms with Crippen LogP contribution in [-0.2, 0) is 14.3 Å². The lowest BCUT2D eigenvalue weighted by atomic mass is 9.95. The molecule has 1 aromatic heterocycles. The Morgan fingerprint density at radius 3 is 2.55 bits per heavy atom. The molecule has 1 amide bonds. The minimum absolute atomic E-state index is 0.0165. The number of hydrogen-bond donors (Lipinski definition) is 1. The molecule has 9 nitrogen and oxygen atoms in total. The highest BCUT2D eigenvalue weighted by Crippen LogP contribution is 2.44. The van der Waals surface area contributed by atoms with Crippen molar-refractivity contribution in [2.75, 3.05) is 24.7 Å². The third kappa shape index (κ3) is 5.76. The number of rotatable bonds is 11. The van der Waals surface area contributed by atoms with Crippen LogP contribution in [0.3, 0.4) is 0 Å². The lowest BCUT2D eigenvalue weighted by Gasteiger charge is -2.23. The first kappa shape index (κ1) is 28.6. The third-order valence-corrected chi connectivity index (χ3v) is 7.18. The molecule has 0 aliphatic carbocycles. The molecular weight excluding hydrogens is 532 g/mol. The highest BCUT2D eigenvalue weighted by atomic mass is 32.1. The van der Waals surface area contributed by atoms with Gasteiger partial charge in [0.15, 0.2) is 5.13 Å². The molecule has 2 heterocycles. The molecule has 0 saturated carbocycles. The molecular formula is C30H30N2O7S. The summed E-state index contributed by atoms with van der Waals surface area (Å²) in [5, 5.41) is 11.5. The van der Waals surface area contributed by atoms with Gasteiger partial charge in [-0.2, -0.15) is 0 Å². The summed E-state index contributed by atoms with van der Waals surface area (Å²) in [4.78, 5) is 45.4. The Balaban J connectivity index is 1.86. The molecule has 40 heavy (non-hydrogen) atoms. The van der Waals surface area contributed by atoms with Crippen molar-refractivity contribution in [1.29, 1.82) is 0 Å². The number of aryl methyl sites for hydroxylation is 1. The van der Waals surface area contributed by atoms with Crippen molar-refractivity contribution in [3.8, 4) is 11.5 Å². The molecule has 0 spiro atoms. The van der Waals surface area contributed by atoms with Gasteiger partial charge in [-0.3, -0.25) is 14.5 Å². The van der Waals surface area contributed by atoms with E-state index in [9.17, 15) is 19.5 Å². The van der Waals surface area contributed by atoms with Crippen molar-refractivity contribution < 1.29 is 33.7 Å². The number of benzene rings is 2. The van der Waals surface area contributed by atoms with E-state index in [4.69, 9.17) is 14.2 Å². The van der Waals surface area contributed by atoms with Crippen LogP contribution >= 0.6 is 11.3 Å². The van der Waals surface area contributed by atoms with Gasteiger partial charge in [0.25, 0.3) is 5.78 Å². The van der Waals surface area contributed by atoms with Gasteiger partial charge < -0.3 is 19.3 Å². The third-order valence-electron chi connectivity index (χ3n) is 6.04. The largest absolute Gasteiger partial charge is 0.507 e. The first-order valence-electron chi connectivity index (χ1n) is 12.8. The molecule has 1 fully saturated rings. The highest BCUT2D eigenvalue weighted by molar-refractivity contribution is 7.17. The molecule has 0 radical (unpaired) electrons. The molecule has 10 heteroatoms. The Hall–Kier alpha value is -4.44. The Bertz CT molecular complexity index is 1460. The summed E-state index contributed by atoms with van der Waals surface area (Å²) >= 11 is 0.935. The second-order valence-electron chi connectivity index (χ2n) is 8.85. The molecule has 4 rings (SSSR count). The van der Waals surface area contributed by atoms with E-state index in [0.29, 0.717) is 41.5 Å². The van der Waals surface area contributed by atoms with Crippen molar-refractivity contribution in [2.45, 2.75) is 33.2 Å². The normalized spacial score (nSPS) is 16.2. The van der Waals surface area contributed by atoms with E-state index in [1.165, 1.54) is 11.0 Å². The smallest absolute Gasteiger partial charge is 0.350 e. The summed E-state index contributed by atoms with van der Waals surface area (Å²) in [6.45, 7) is 9.98. The van der Waals surface area contributed by atoms with E-state index < -0.39 is 23.7 Å². The maximum absolute atomic E-state index is 13.5. The number of esters is 1. The maximum Gasteiger partial charge on any atom is 0.350 e. The van der Waals surface area contributed by atoms with Crippen LogP contribution in [0.5, 0.6) is 11.5 Å². The van der Waals surface area contributed by atoms with Crippen LogP contribution < -0.4 is 14.4 Å². The molecule has 1 atom stereocenters. The molecule has 208 valence electrons. The second-order valence-corrected chi connectivity index (χ2v) is 9.82. The summed E-state index contributed by atoms with van der Waals surface area (Å²) in [5.41, 5.74) is 1.12. The summed E-state index contributed by atoms with van der Waals surface area (Å²) < 4.78 is 16.4. The van der Waals surface area contributed by atoms with Gasteiger partial charge >= 0.3 is 11.9 Å². The fourth-order valence-electron chi connectivity index (χ4n) is 4.25. The number of carbonyl (C=O) groups is 3. The zero-order chi connectivity index (χ0) is 28.8. The fourth-order valence-corrected chi connectivity index (χ4v) is 5.23. The fraction of sp³-hybridized carbons (Fsp3) is 0.267. The van der Waals surface area contributed by atoms with E-state index in [1.807, 2.05) is 13.8 Å². The van der Waals surface area contributed by atoms with Gasteiger partial charge in [0.1, 0.15) is 28.7 Å². The van der Waals surface area contributed by atoms with E-state index >= 15 is 0 Å². The van der Waals surface area contributed by atoms with E-state index in [-0.39, 0.29) is 27.9 Å². The van der Waals surface area contributed by atoms with Gasteiger partial charge in [-0.05, 0) is 62.2 Å². The maximum atomic E-state index is 13.5. The van der Waals surface area contributed by atoms with Crippen LogP contribution in [0.15, 0.2) is 66.8 Å². The summed E-state index contributed by atoms with van der Waals surface area (Å²) in [5.74, 6) is -1.55. The van der Waals surface area contributed by atoms with Crippen molar-refractivity contribution >= 4 is 39.9 Å². The van der Waals surface area contributed by atoms with Crippen LogP contribution in [0.2, 0.25) is 0 Å². The highest BCUT2D eigenvalue weighted by Gasteiger charge is 2.48.